The van der Waals surface area contributed by atoms with Gasteiger partial charge in [0.2, 0.25) is 0 Å². The highest BCUT2D eigenvalue weighted by Crippen LogP contribution is 2.24. The van der Waals surface area contributed by atoms with Crippen molar-refractivity contribution in [2.24, 2.45) is 0 Å². The van der Waals surface area contributed by atoms with Gasteiger partial charge in [0, 0.05) is 16.6 Å². The number of hydrogen-bond donors (Lipinski definition) is 1. The van der Waals surface area contributed by atoms with Crippen molar-refractivity contribution in [3.8, 4) is 11.3 Å². The highest BCUT2D eigenvalue weighted by molar-refractivity contribution is 7.95. The molecule has 0 saturated heterocycles. The van der Waals surface area contributed by atoms with Crippen LogP contribution in [-0.2, 0) is 10.0 Å². The van der Waals surface area contributed by atoms with Gasteiger partial charge in [0.05, 0.1) is 16.1 Å². The molecular weight excluding hydrogens is 340 g/mol. The number of nitrogens with one attached hydrogen (secondary N) is 1. The van der Waals surface area contributed by atoms with Crippen molar-refractivity contribution < 1.29 is 8.42 Å². The minimum Gasteiger partial charge on any atom is -0.280 e. The van der Waals surface area contributed by atoms with Crippen LogP contribution in [-0.4, -0.2) is 13.4 Å². The Bertz CT molecular complexity index is 961. The summed E-state index contributed by atoms with van der Waals surface area (Å²) >= 11 is 1.56. The SMILES string of the molecule is Cc1nc(-c2cccc(NS(=O)(=O)/C=C/c3ccccc3)c2)cs1. The average molecular weight is 356 g/mol. The average Bonchev–Trinajstić information content (AvgIpc) is 3.01. The fourth-order valence-electron chi connectivity index (χ4n) is 2.17. The summed E-state index contributed by atoms with van der Waals surface area (Å²) in [4.78, 5) is 4.42. The van der Waals surface area contributed by atoms with Gasteiger partial charge in [-0.1, -0.05) is 42.5 Å². The Balaban J connectivity index is 1.79. The lowest BCUT2D eigenvalue weighted by molar-refractivity contribution is 0.609. The second-order valence-corrected chi connectivity index (χ2v) is 7.82. The minimum absolute atomic E-state index is 0.510. The molecule has 0 unspecified atom stereocenters. The Kier molecular flexibility index (Phi) is 4.78. The predicted octanol–water partition coefficient (Wildman–Crippen LogP) is 4.53. The van der Waals surface area contributed by atoms with Crippen LogP contribution in [0.3, 0.4) is 0 Å². The molecule has 1 aromatic heterocycles. The largest absolute Gasteiger partial charge is 0.280 e. The fraction of sp³-hybridized carbons (Fsp3) is 0.0556. The van der Waals surface area contributed by atoms with Crippen LogP contribution in [0, 0.1) is 6.92 Å². The zero-order valence-corrected chi connectivity index (χ0v) is 14.6. The first-order chi connectivity index (χ1) is 11.5. The van der Waals surface area contributed by atoms with Gasteiger partial charge >= 0.3 is 0 Å². The molecule has 3 aromatic rings. The molecule has 24 heavy (non-hydrogen) atoms. The molecule has 0 bridgehead atoms. The third-order valence-corrected chi connectivity index (χ3v) is 5.06. The third kappa shape index (κ3) is 4.31. The maximum absolute atomic E-state index is 12.2. The van der Waals surface area contributed by atoms with Crippen molar-refractivity contribution in [2.75, 3.05) is 4.72 Å². The molecule has 0 amide bonds. The normalized spacial score (nSPS) is 11.7. The van der Waals surface area contributed by atoms with Gasteiger partial charge in [-0.25, -0.2) is 13.4 Å². The smallest absolute Gasteiger partial charge is 0.255 e. The maximum Gasteiger partial charge on any atom is 0.255 e. The number of nitrogens with zero attached hydrogens (tertiary/aromatic N) is 1. The van der Waals surface area contributed by atoms with Crippen LogP contribution in [0.1, 0.15) is 10.6 Å². The van der Waals surface area contributed by atoms with Gasteiger partial charge in [0.25, 0.3) is 10.0 Å². The van der Waals surface area contributed by atoms with Gasteiger partial charge in [-0.2, -0.15) is 0 Å². The molecule has 0 saturated carbocycles. The van der Waals surface area contributed by atoms with Crippen molar-refractivity contribution in [2.45, 2.75) is 6.92 Å². The number of aryl methyl sites for hydroxylation is 1. The van der Waals surface area contributed by atoms with Crippen LogP contribution < -0.4 is 4.72 Å². The lowest BCUT2D eigenvalue weighted by Gasteiger charge is -2.06. The van der Waals surface area contributed by atoms with E-state index in [1.165, 1.54) is 5.41 Å². The summed E-state index contributed by atoms with van der Waals surface area (Å²) in [5.74, 6) is 0. The second kappa shape index (κ2) is 6.98. The van der Waals surface area contributed by atoms with E-state index < -0.39 is 10.0 Å². The summed E-state index contributed by atoms with van der Waals surface area (Å²) in [5.41, 5.74) is 3.07. The molecule has 6 heteroatoms. The molecule has 4 nitrogen and oxygen atoms in total. The first-order valence-corrected chi connectivity index (χ1v) is 9.73. The van der Waals surface area contributed by atoms with Crippen LogP contribution in [0.2, 0.25) is 0 Å². The Morgan fingerprint density at radius 1 is 1.08 bits per heavy atom. The summed E-state index contributed by atoms with van der Waals surface area (Å²) in [6.45, 7) is 1.94. The molecule has 0 aliphatic carbocycles. The summed E-state index contributed by atoms with van der Waals surface area (Å²) in [6.07, 6.45) is 1.57. The highest BCUT2D eigenvalue weighted by atomic mass is 32.2. The molecule has 0 radical (unpaired) electrons. The molecule has 2 aromatic carbocycles. The first kappa shape index (κ1) is 16.4. The molecule has 0 fully saturated rings. The van der Waals surface area contributed by atoms with Crippen LogP contribution in [0.15, 0.2) is 65.4 Å². The minimum atomic E-state index is -3.57. The standard InChI is InChI=1S/C18H16N2O2S2/c1-14-19-18(13-23-14)16-8-5-9-17(12-16)20-24(21,22)11-10-15-6-3-2-4-7-15/h2-13,20H,1H3/b11-10+. The Morgan fingerprint density at radius 3 is 2.58 bits per heavy atom. The second-order valence-electron chi connectivity index (χ2n) is 5.19. The molecule has 0 atom stereocenters. The molecule has 0 spiro atoms. The summed E-state index contributed by atoms with van der Waals surface area (Å²) < 4.78 is 27.0. The molecular formula is C18H16N2O2S2. The lowest BCUT2D eigenvalue weighted by atomic mass is 10.1. The Morgan fingerprint density at radius 2 is 1.88 bits per heavy atom. The van der Waals surface area contributed by atoms with Crippen molar-refractivity contribution in [3.63, 3.8) is 0 Å². The van der Waals surface area contributed by atoms with Crippen molar-refractivity contribution in [3.05, 3.63) is 76.0 Å². The van der Waals surface area contributed by atoms with E-state index in [0.717, 1.165) is 21.8 Å². The van der Waals surface area contributed by atoms with Gasteiger partial charge in [-0.15, -0.1) is 11.3 Å². The van der Waals surface area contributed by atoms with Gasteiger partial charge < -0.3 is 0 Å². The van der Waals surface area contributed by atoms with Gasteiger partial charge in [0.15, 0.2) is 0 Å². The van der Waals surface area contributed by atoms with E-state index >= 15 is 0 Å². The lowest BCUT2D eigenvalue weighted by Crippen LogP contribution is -2.08. The van der Waals surface area contributed by atoms with Crippen LogP contribution >= 0.6 is 11.3 Å². The van der Waals surface area contributed by atoms with Crippen LogP contribution in [0.5, 0.6) is 0 Å². The van der Waals surface area contributed by atoms with E-state index in [1.54, 1.807) is 29.5 Å². The van der Waals surface area contributed by atoms with Crippen molar-refractivity contribution in [1.29, 1.82) is 0 Å². The monoisotopic (exact) mass is 356 g/mol. The molecule has 0 aliphatic heterocycles. The predicted molar refractivity (Wildman–Crippen MR) is 100 cm³/mol. The van der Waals surface area contributed by atoms with E-state index in [1.807, 2.05) is 54.8 Å². The number of hydrogen-bond acceptors (Lipinski definition) is 4. The quantitative estimate of drug-likeness (QED) is 0.730. The van der Waals surface area contributed by atoms with Crippen molar-refractivity contribution >= 4 is 33.1 Å². The zero-order valence-electron chi connectivity index (χ0n) is 13.0. The van der Waals surface area contributed by atoms with Crippen molar-refractivity contribution in [1.82, 2.24) is 4.98 Å². The number of rotatable bonds is 5. The van der Waals surface area contributed by atoms with Gasteiger partial charge in [-0.3, -0.25) is 4.72 Å². The summed E-state index contributed by atoms with van der Waals surface area (Å²) in [5, 5.41) is 4.10. The fourth-order valence-corrected chi connectivity index (χ4v) is 3.65. The zero-order chi connectivity index (χ0) is 17.0. The van der Waals surface area contributed by atoms with E-state index in [4.69, 9.17) is 0 Å². The molecule has 1 heterocycles. The molecule has 1 N–H and O–H groups in total. The van der Waals surface area contributed by atoms with Gasteiger partial charge in [0.1, 0.15) is 0 Å². The Labute approximate surface area is 145 Å². The number of anilines is 1. The van der Waals surface area contributed by atoms with E-state index in [-0.39, 0.29) is 0 Å². The number of benzene rings is 2. The van der Waals surface area contributed by atoms with E-state index in [2.05, 4.69) is 9.71 Å². The van der Waals surface area contributed by atoms with E-state index in [0.29, 0.717) is 5.69 Å². The molecule has 122 valence electrons. The number of aromatic nitrogens is 1. The van der Waals surface area contributed by atoms with Crippen LogP contribution in [0.4, 0.5) is 5.69 Å². The highest BCUT2D eigenvalue weighted by Gasteiger charge is 2.08. The van der Waals surface area contributed by atoms with Crippen LogP contribution in [0.25, 0.3) is 17.3 Å². The third-order valence-electron chi connectivity index (χ3n) is 3.28. The topological polar surface area (TPSA) is 59.1 Å². The Hall–Kier alpha value is -2.44. The number of sulfonamides is 1. The summed E-state index contributed by atoms with van der Waals surface area (Å²) in [7, 11) is -3.57. The molecule has 3 rings (SSSR count). The summed E-state index contributed by atoms with van der Waals surface area (Å²) in [6, 6.07) is 16.5. The van der Waals surface area contributed by atoms with Gasteiger partial charge in [-0.05, 0) is 30.7 Å². The number of thiazole rings is 1. The first-order valence-electron chi connectivity index (χ1n) is 7.30. The molecule has 0 aliphatic rings. The van der Waals surface area contributed by atoms with E-state index in [9.17, 15) is 8.42 Å². The maximum atomic E-state index is 12.2.